The van der Waals surface area contributed by atoms with Gasteiger partial charge in [0.05, 0.1) is 0 Å². The molecular formula is C14H12Cl3N3. The Labute approximate surface area is 132 Å². The number of benzene rings is 1. The third-order valence-corrected chi connectivity index (χ3v) is 3.03. The first-order valence-corrected chi connectivity index (χ1v) is 7.02. The molecule has 0 fully saturated rings. The van der Waals surface area contributed by atoms with E-state index in [1.165, 1.54) is 5.56 Å². The van der Waals surface area contributed by atoms with E-state index in [2.05, 4.69) is 15.0 Å². The molecule has 0 saturated carbocycles. The summed E-state index contributed by atoms with van der Waals surface area (Å²) in [7, 11) is 0. The van der Waals surface area contributed by atoms with Gasteiger partial charge >= 0.3 is 0 Å². The molecule has 2 rings (SSSR count). The van der Waals surface area contributed by atoms with Crippen LogP contribution < -0.4 is 0 Å². The first kappa shape index (κ1) is 15.2. The lowest BCUT2D eigenvalue weighted by Gasteiger charge is -2.09. The van der Waals surface area contributed by atoms with Crippen molar-refractivity contribution in [3.8, 4) is 0 Å². The van der Waals surface area contributed by atoms with Crippen LogP contribution in [0.5, 0.6) is 0 Å². The van der Waals surface area contributed by atoms with Crippen molar-refractivity contribution in [2.24, 2.45) is 0 Å². The maximum Gasteiger partial charge on any atom is 0.250 e. The molecule has 20 heavy (non-hydrogen) atoms. The van der Waals surface area contributed by atoms with Crippen LogP contribution in [0.1, 0.15) is 28.6 Å². The molecule has 0 bridgehead atoms. The minimum atomic E-state index is -1.65. The van der Waals surface area contributed by atoms with Gasteiger partial charge in [-0.15, -0.1) is 0 Å². The van der Waals surface area contributed by atoms with Crippen molar-refractivity contribution in [2.45, 2.75) is 17.6 Å². The number of rotatable bonds is 2. The SMILES string of the molecule is Cc1ccc(C=Cc2nc(C)nc(C(Cl)(Cl)Cl)n2)cc1. The van der Waals surface area contributed by atoms with Crippen LogP contribution in [0.25, 0.3) is 12.2 Å². The highest BCUT2D eigenvalue weighted by molar-refractivity contribution is 6.66. The van der Waals surface area contributed by atoms with Gasteiger partial charge in [0.2, 0.25) is 3.79 Å². The second-order valence-corrected chi connectivity index (χ2v) is 6.59. The van der Waals surface area contributed by atoms with Crippen molar-refractivity contribution < 1.29 is 0 Å². The van der Waals surface area contributed by atoms with Crippen LogP contribution in [0, 0.1) is 13.8 Å². The predicted octanol–water partition coefficient (Wildman–Crippen LogP) is 4.49. The van der Waals surface area contributed by atoms with Crippen LogP contribution in [0.15, 0.2) is 24.3 Å². The molecule has 1 aromatic carbocycles. The monoisotopic (exact) mass is 327 g/mol. The summed E-state index contributed by atoms with van der Waals surface area (Å²) in [6.45, 7) is 3.76. The molecule has 0 aliphatic rings. The summed E-state index contributed by atoms with van der Waals surface area (Å²) in [6, 6.07) is 8.08. The van der Waals surface area contributed by atoms with Crippen molar-refractivity contribution in [3.63, 3.8) is 0 Å². The lowest BCUT2D eigenvalue weighted by atomic mass is 10.1. The molecule has 0 atom stereocenters. The third kappa shape index (κ3) is 4.17. The van der Waals surface area contributed by atoms with E-state index in [4.69, 9.17) is 34.8 Å². The maximum absolute atomic E-state index is 5.79. The molecule has 0 aliphatic heterocycles. The zero-order valence-corrected chi connectivity index (χ0v) is 13.2. The lowest BCUT2D eigenvalue weighted by Crippen LogP contribution is -2.11. The van der Waals surface area contributed by atoms with Crippen molar-refractivity contribution >= 4 is 47.0 Å². The molecule has 0 N–H and O–H groups in total. The summed E-state index contributed by atoms with van der Waals surface area (Å²) < 4.78 is -1.65. The fourth-order valence-corrected chi connectivity index (χ4v) is 1.81. The molecular weight excluding hydrogens is 317 g/mol. The van der Waals surface area contributed by atoms with Gasteiger partial charge in [-0.1, -0.05) is 70.7 Å². The molecule has 1 aromatic heterocycles. The standard InChI is InChI=1S/C14H12Cl3N3/c1-9-3-5-11(6-4-9)7-8-12-18-10(2)19-13(20-12)14(15,16)17/h3-8H,1-2H3. The predicted molar refractivity (Wildman–Crippen MR) is 83.9 cm³/mol. The Morgan fingerprint density at radius 1 is 0.900 bits per heavy atom. The van der Waals surface area contributed by atoms with Gasteiger partial charge in [0.25, 0.3) is 0 Å². The number of hydrogen-bond acceptors (Lipinski definition) is 3. The van der Waals surface area contributed by atoms with E-state index in [0.717, 1.165) is 5.56 Å². The molecule has 1 heterocycles. The van der Waals surface area contributed by atoms with Crippen LogP contribution in [0.2, 0.25) is 0 Å². The average molecular weight is 329 g/mol. The first-order valence-electron chi connectivity index (χ1n) is 5.89. The summed E-state index contributed by atoms with van der Waals surface area (Å²) in [5.41, 5.74) is 2.25. The fraction of sp³-hybridized carbons (Fsp3) is 0.214. The Morgan fingerprint density at radius 3 is 2.15 bits per heavy atom. The van der Waals surface area contributed by atoms with Gasteiger partial charge in [0.15, 0.2) is 11.6 Å². The number of alkyl halides is 3. The van der Waals surface area contributed by atoms with E-state index in [-0.39, 0.29) is 5.82 Å². The van der Waals surface area contributed by atoms with Gasteiger partial charge in [0.1, 0.15) is 5.82 Å². The molecule has 2 aromatic rings. The highest BCUT2D eigenvalue weighted by Crippen LogP contribution is 2.35. The van der Waals surface area contributed by atoms with Crippen molar-refractivity contribution in [2.75, 3.05) is 0 Å². The summed E-state index contributed by atoms with van der Waals surface area (Å²) in [6.07, 6.45) is 3.66. The quantitative estimate of drug-likeness (QED) is 0.763. The molecule has 0 saturated heterocycles. The average Bonchev–Trinajstić information content (AvgIpc) is 2.36. The smallest absolute Gasteiger partial charge is 0.214 e. The normalized spacial score (nSPS) is 12.1. The van der Waals surface area contributed by atoms with Crippen LogP contribution in [0.4, 0.5) is 0 Å². The van der Waals surface area contributed by atoms with Gasteiger partial charge in [-0.3, -0.25) is 0 Å². The minimum absolute atomic E-state index is 0.124. The Balaban J connectivity index is 2.29. The summed E-state index contributed by atoms with van der Waals surface area (Å²) >= 11 is 17.4. The Bertz CT molecular complexity index is 631. The van der Waals surface area contributed by atoms with E-state index in [0.29, 0.717) is 11.6 Å². The molecule has 0 unspecified atom stereocenters. The summed E-state index contributed by atoms with van der Waals surface area (Å²) in [4.78, 5) is 12.3. The van der Waals surface area contributed by atoms with Gasteiger partial charge in [0, 0.05) is 0 Å². The van der Waals surface area contributed by atoms with Crippen LogP contribution in [-0.4, -0.2) is 15.0 Å². The van der Waals surface area contributed by atoms with E-state index < -0.39 is 3.79 Å². The van der Waals surface area contributed by atoms with Crippen molar-refractivity contribution in [1.82, 2.24) is 15.0 Å². The zero-order valence-electron chi connectivity index (χ0n) is 10.9. The number of hydrogen-bond donors (Lipinski definition) is 0. The Morgan fingerprint density at radius 2 is 1.55 bits per heavy atom. The molecule has 0 aliphatic carbocycles. The Hall–Kier alpha value is -1.16. The fourth-order valence-electron chi connectivity index (χ4n) is 1.55. The molecule has 0 spiro atoms. The van der Waals surface area contributed by atoms with Gasteiger partial charge in [-0.2, -0.15) is 0 Å². The molecule has 0 amide bonds. The first-order chi connectivity index (χ1) is 9.34. The second-order valence-electron chi connectivity index (χ2n) is 4.31. The van der Waals surface area contributed by atoms with E-state index in [1.54, 1.807) is 13.0 Å². The van der Waals surface area contributed by atoms with Crippen LogP contribution in [0.3, 0.4) is 0 Å². The van der Waals surface area contributed by atoms with Crippen molar-refractivity contribution in [3.05, 3.63) is 52.9 Å². The van der Waals surface area contributed by atoms with Crippen LogP contribution >= 0.6 is 34.8 Å². The minimum Gasteiger partial charge on any atom is -0.214 e. The van der Waals surface area contributed by atoms with E-state index in [1.807, 2.05) is 37.3 Å². The Kier molecular flexibility index (Phi) is 4.63. The highest BCUT2D eigenvalue weighted by atomic mass is 35.6. The maximum atomic E-state index is 5.79. The molecule has 3 nitrogen and oxygen atoms in total. The van der Waals surface area contributed by atoms with Gasteiger partial charge < -0.3 is 0 Å². The van der Waals surface area contributed by atoms with Gasteiger partial charge in [-0.05, 0) is 25.5 Å². The number of aromatic nitrogens is 3. The molecule has 104 valence electrons. The summed E-state index contributed by atoms with van der Waals surface area (Å²) in [5.74, 6) is 1.09. The second kappa shape index (κ2) is 6.08. The number of nitrogens with zero attached hydrogens (tertiary/aromatic N) is 3. The highest BCUT2D eigenvalue weighted by Gasteiger charge is 2.27. The van der Waals surface area contributed by atoms with Gasteiger partial charge in [-0.25, -0.2) is 15.0 Å². The molecule has 6 heteroatoms. The lowest BCUT2D eigenvalue weighted by molar-refractivity contribution is 0.867. The number of halogens is 3. The molecule has 0 radical (unpaired) electrons. The largest absolute Gasteiger partial charge is 0.250 e. The van der Waals surface area contributed by atoms with Crippen molar-refractivity contribution in [1.29, 1.82) is 0 Å². The summed E-state index contributed by atoms with van der Waals surface area (Å²) in [5, 5.41) is 0. The third-order valence-electron chi connectivity index (χ3n) is 2.52. The number of aryl methyl sites for hydroxylation is 2. The van der Waals surface area contributed by atoms with Crippen LogP contribution in [-0.2, 0) is 3.79 Å². The topological polar surface area (TPSA) is 38.7 Å². The van der Waals surface area contributed by atoms with E-state index >= 15 is 0 Å². The van der Waals surface area contributed by atoms with E-state index in [9.17, 15) is 0 Å². The zero-order chi connectivity index (χ0) is 14.8.